The fraction of sp³-hybridized carbons (Fsp3) is 0.118. The van der Waals surface area contributed by atoms with Gasteiger partial charge in [-0.2, -0.15) is 0 Å². The third-order valence-electron chi connectivity index (χ3n) is 3.69. The molecule has 0 saturated heterocycles. The van der Waals surface area contributed by atoms with Crippen LogP contribution in [0.5, 0.6) is 11.5 Å². The minimum Gasteiger partial charge on any atom is -0.493 e. The number of amides is 1. The number of carbonyl (C=O) groups excluding carboxylic acids is 1. The van der Waals surface area contributed by atoms with Crippen molar-refractivity contribution in [3.05, 3.63) is 57.8 Å². The van der Waals surface area contributed by atoms with Crippen LogP contribution < -0.4 is 19.9 Å². The summed E-state index contributed by atoms with van der Waals surface area (Å²) in [6.07, 6.45) is -0.0539. The second-order valence-corrected chi connectivity index (χ2v) is 7.18. The zero-order valence-electron chi connectivity index (χ0n) is 15.2. The lowest BCUT2D eigenvalue weighted by Crippen LogP contribution is -2.26. The fourth-order valence-corrected chi connectivity index (χ4v) is 3.36. The molecule has 7 nitrogen and oxygen atoms in total. The molecule has 0 unspecified atom stereocenters. The highest BCUT2D eigenvalue weighted by atomic mass is 32.2. The van der Waals surface area contributed by atoms with Crippen LogP contribution in [0.1, 0.15) is 5.56 Å². The lowest BCUT2D eigenvalue weighted by atomic mass is 10.1. The van der Waals surface area contributed by atoms with Gasteiger partial charge in [0.15, 0.2) is 39.7 Å². The molecule has 3 N–H and O–H groups in total. The molecule has 0 spiro atoms. The molecule has 2 aromatic rings. The minimum atomic E-state index is -4.92. The number of methoxy groups -OCH3 is 2. The second-order valence-electron chi connectivity index (χ2n) is 5.53. The van der Waals surface area contributed by atoms with Crippen molar-refractivity contribution in [2.75, 3.05) is 18.9 Å². The summed E-state index contributed by atoms with van der Waals surface area (Å²) in [6, 6.07) is 3.64. The maximum absolute atomic E-state index is 13.9. The van der Waals surface area contributed by atoms with Crippen LogP contribution in [0, 0.1) is 29.1 Å². The molecule has 0 fully saturated rings. The van der Waals surface area contributed by atoms with Crippen molar-refractivity contribution in [3.63, 3.8) is 0 Å². The maximum Gasteiger partial charge on any atom is 0.267 e. The van der Waals surface area contributed by atoms with Crippen LogP contribution in [0.3, 0.4) is 0 Å². The van der Waals surface area contributed by atoms with E-state index in [0.717, 1.165) is 6.07 Å². The van der Waals surface area contributed by atoms with Gasteiger partial charge in [-0.25, -0.2) is 30.4 Å². The smallest absolute Gasteiger partial charge is 0.267 e. The number of nitrogens with two attached hydrogens (primary N) is 1. The highest BCUT2D eigenvalue weighted by molar-refractivity contribution is 7.97. The van der Waals surface area contributed by atoms with Crippen LogP contribution >= 0.6 is 0 Å². The first-order chi connectivity index (χ1) is 13.9. The van der Waals surface area contributed by atoms with Crippen LogP contribution in [0.15, 0.2) is 23.1 Å². The summed E-state index contributed by atoms with van der Waals surface area (Å²) >= 11 is 0. The van der Waals surface area contributed by atoms with Gasteiger partial charge in [-0.3, -0.25) is 9.52 Å². The minimum absolute atomic E-state index is 0.0539. The number of nitrogens with one attached hydrogen (secondary N) is 1. The lowest BCUT2D eigenvalue weighted by molar-refractivity contribution is -0.113. The van der Waals surface area contributed by atoms with Crippen molar-refractivity contribution in [1.82, 2.24) is 0 Å². The molecule has 0 bridgehead atoms. The largest absolute Gasteiger partial charge is 0.493 e. The number of rotatable bonds is 7. The van der Waals surface area contributed by atoms with Gasteiger partial charge in [0.2, 0.25) is 5.82 Å². The number of primary amides is 1. The number of anilines is 1. The molecule has 0 aromatic heterocycles. The van der Waals surface area contributed by atoms with Gasteiger partial charge in [0.05, 0.1) is 25.5 Å². The van der Waals surface area contributed by atoms with Crippen molar-refractivity contribution in [2.45, 2.75) is 0 Å². The number of sulfonamides is 1. The topological polar surface area (TPSA) is 108 Å². The van der Waals surface area contributed by atoms with Gasteiger partial charge in [-0.05, 0) is 18.2 Å². The molecule has 2 aromatic carbocycles. The fourth-order valence-electron chi connectivity index (χ4n) is 2.27. The van der Waals surface area contributed by atoms with Crippen LogP contribution in [0.25, 0.3) is 6.08 Å². The molecular weight excluding hydrogens is 439 g/mol. The van der Waals surface area contributed by atoms with Gasteiger partial charge in [0.1, 0.15) is 0 Å². The van der Waals surface area contributed by atoms with E-state index in [1.54, 1.807) is 0 Å². The maximum atomic E-state index is 13.9. The van der Waals surface area contributed by atoms with Crippen molar-refractivity contribution in [1.29, 1.82) is 0 Å². The molecule has 0 aliphatic heterocycles. The quantitative estimate of drug-likeness (QED) is 0.291. The van der Waals surface area contributed by atoms with Crippen molar-refractivity contribution >= 4 is 27.7 Å². The Labute approximate surface area is 166 Å². The van der Waals surface area contributed by atoms with E-state index in [1.165, 1.54) is 26.4 Å². The Bertz CT molecular complexity index is 1120. The van der Waals surface area contributed by atoms with Gasteiger partial charge in [0.25, 0.3) is 15.9 Å². The summed E-state index contributed by atoms with van der Waals surface area (Å²) in [5.41, 5.74) is 3.12. The molecule has 13 heteroatoms. The van der Waals surface area contributed by atoms with E-state index in [0.29, 0.717) is 0 Å². The Morgan fingerprint density at radius 2 is 1.43 bits per heavy atom. The van der Waals surface area contributed by atoms with E-state index in [1.807, 2.05) is 4.72 Å². The predicted molar refractivity (Wildman–Crippen MR) is 95.5 cm³/mol. The molecule has 30 heavy (non-hydrogen) atoms. The molecule has 0 aliphatic carbocycles. The highest BCUT2D eigenvalue weighted by Crippen LogP contribution is 2.31. The summed E-state index contributed by atoms with van der Waals surface area (Å²) in [4.78, 5) is 10.1. The molecule has 0 atom stereocenters. The summed E-state index contributed by atoms with van der Waals surface area (Å²) in [6.45, 7) is 0. The van der Waals surface area contributed by atoms with Crippen LogP contribution in [-0.4, -0.2) is 28.5 Å². The van der Waals surface area contributed by atoms with E-state index < -0.39 is 55.5 Å². The van der Waals surface area contributed by atoms with Crippen LogP contribution in [-0.2, 0) is 14.8 Å². The van der Waals surface area contributed by atoms with Crippen molar-refractivity contribution in [2.24, 2.45) is 5.73 Å². The average Bonchev–Trinajstić information content (AvgIpc) is 2.69. The number of carbonyl (C=O) groups is 1. The highest BCUT2D eigenvalue weighted by Gasteiger charge is 2.29. The van der Waals surface area contributed by atoms with Gasteiger partial charge >= 0.3 is 0 Å². The van der Waals surface area contributed by atoms with Gasteiger partial charge < -0.3 is 15.2 Å². The first kappa shape index (κ1) is 22.9. The number of halogens is 5. The Morgan fingerprint density at radius 1 is 0.933 bits per heavy atom. The van der Waals surface area contributed by atoms with Crippen LogP contribution in [0.2, 0.25) is 0 Å². The van der Waals surface area contributed by atoms with E-state index >= 15 is 0 Å². The molecular formula is C17H13F5N2O5S. The predicted octanol–water partition coefficient (Wildman–Crippen LogP) is 2.67. The van der Waals surface area contributed by atoms with E-state index in [-0.39, 0.29) is 23.3 Å². The van der Waals surface area contributed by atoms with Gasteiger partial charge in [-0.15, -0.1) is 0 Å². The summed E-state index contributed by atoms with van der Waals surface area (Å²) in [5.74, 6) is -13.2. The van der Waals surface area contributed by atoms with E-state index in [4.69, 9.17) is 15.2 Å². The Balaban J connectivity index is 2.60. The van der Waals surface area contributed by atoms with E-state index in [9.17, 15) is 35.2 Å². The second kappa shape index (κ2) is 8.57. The Kier molecular flexibility index (Phi) is 6.55. The molecule has 0 heterocycles. The van der Waals surface area contributed by atoms with E-state index in [2.05, 4.69) is 0 Å². The lowest BCUT2D eigenvalue weighted by Gasteiger charge is -2.13. The summed E-state index contributed by atoms with van der Waals surface area (Å²) in [5, 5.41) is 0. The van der Waals surface area contributed by atoms with Gasteiger partial charge in [0, 0.05) is 6.07 Å². The standard InChI is InChI=1S/C17H13F5N2O5S/c1-28-9-4-3-7(5-10(9)29-2)24-30(26,27)11(17(23)25)6-8-12(18)14(20)16(22)15(21)13(8)19/h3-6,24H,1-2H3,(H2,23,25). The normalized spacial score (nSPS) is 11.9. The Morgan fingerprint density at radius 3 is 1.90 bits per heavy atom. The molecule has 0 aliphatic rings. The summed E-state index contributed by atoms with van der Waals surface area (Å²) < 4.78 is 104. The average molecular weight is 452 g/mol. The first-order valence-corrected chi connectivity index (χ1v) is 9.20. The van der Waals surface area contributed by atoms with Crippen LogP contribution in [0.4, 0.5) is 27.6 Å². The third kappa shape index (κ3) is 4.30. The molecule has 162 valence electrons. The number of ether oxygens (including phenoxy) is 2. The van der Waals surface area contributed by atoms with Gasteiger partial charge in [-0.1, -0.05) is 0 Å². The molecule has 2 rings (SSSR count). The molecule has 0 saturated carbocycles. The third-order valence-corrected chi connectivity index (χ3v) is 5.09. The van der Waals surface area contributed by atoms with Crippen molar-refractivity contribution < 1.29 is 44.6 Å². The number of hydrogen-bond acceptors (Lipinski definition) is 5. The SMILES string of the molecule is COc1ccc(NS(=O)(=O)C(=Cc2c(F)c(F)c(F)c(F)c2F)C(N)=O)cc1OC. The number of benzene rings is 2. The Hall–Kier alpha value is -3.35. The first-order valence-electron chi connectivity index (χ1n) is 7.72. The monoisotopic (exact) mass is 452 g/mol. The zero-order valence-corrected chi connectivity index (χ0v) is 16.0. The summed E-state index contributed by atoms with van der Waals surface area (Å²) in [7, 11) is -2.34. The zero-order chi connectivity index (χ0) is 22.8. The molecule has 1 amide bonds. The number of hydrogen-bond donors (Lipinski definition) is 2. The van der Waals surface area contributed by atoms with Crippen molar-refractivity contribution in [3.8, 4) is 11.5 Å². The molecule has 0 radical (unpaired) electrons.